The number of hydrogen-bond acceptors (Lipinski definition) is 4. The summed E-state index contributed by atoms with van der Waals surface area (Å²) in [6.07, 6.45) is 0. The van der Waals surface area contributed by atoms with Gasteiger partial charge in [-0.25, -0.2) is 12.8 Å². The zero-order valence-corrected chi connectivity index (χ0v) is 15.9. The Balaban J connectivity index is 1.96. The highest BCUT2D eigenvalue weighted by molar-refractivity contribution is 7.92. The van der Waals surface area contributed by atoms with Crippen LogP contribution in [0.3, 0.4) is 0 Å². The molecule has 0 radical (unpaired) electrons. The van der Waals surface area contributed by atoms with Gasteiger partial charge in [0.1, 0.15) is 17.2 Å². The van der Waals surface area contributed by atoms with Crippen LogP contribution in [-0.4, -0.2) is 14.2 Å². The van der Waals surface area contributed by atoms with Crippen LogP contribution in [0, 0.1) is 12.7 Å². The smallest absolute Gasteiger partial charge is 0.261 e. The van der Waals surface area contributed by atoms with Gasteiger partial charge in [-0.1, -0.05) is 24.3 Å². The summed E-state index contributed by atoms with van der Waals surface area (Å²) in [5.41, 5.74) is 1.27. The Morgan fingerprint density at radius 2 is 1.64 bits per heavy atom. The SMILES string of the molecule is CC(=O)c1c(C)oc2c1cc(NS(=O)(=O)c1ccc(F)cc1)c1ccccc12. The minimum atomic E-state index is -3.95. The molecule has 1 heterocycles. The second-order valence-electron chi connectivity index (χ2n) is 6.50. The average molecular weight is 397 g/mol. The molecule has 1 N–H and O–H groups in total. The van der Waals surface area contributed by atoms with Crippen LogP contribution < -0.4 is 4.72 Å². The van der Waals surface area contributed by atoms with E-state index < -0.39 is 15.8 Å². The van der Waals surface area contributed by atoms with Crippen LogP contribution in [0.5, 0.6) is 0 Å². The number of halogens is 1. The zero-order valence-electron chi connectivity index (χ0n) is 15.1. The van der Waals surface area contributed by atoms with Crippen LogP contribution in [0.1, 0.15) is 23.0 Å². The number of furan rings is 1. The number of ketones is 1. The van der Waals surface area contributed by atoms with Gasteiger partial charge in [-0.3, -0.25) is 9.52 Å². The van der Waals surface area contributed by atoms with Crippen molar-refractivity contribution in [2.45, 2.75) is 18.7 Å². The van der Waals surface area contributed by atoms with Gasteiger partial charge in [-0.2, -0.15) is 0 Å². The van der Waals surface area contributed by atoms with Gasteiger partial charge < -0.3 is 4.42 Å². The van der Waals surface area contributed by atoms with E-state index >= 15 is 0 Å². The van der Waals surface area contributed by atoms with E-state index in [2.05, 4.69) is 4.72 Å². The number of rotatable bonds is 4. The Labute approximate surface area is 160 Å². The third kappa shape index (κ3) is 2.93. The molecule has 0 aliphatic rings. The van der Waals surface area contributed by atoms with E-state index in [-0.39, 0.29) is 10.7 Å². The molecule has 0 fully saturated rings. The van der Waals surface area contributed by atoms with Gasteiger partial charge in [0.05, 0.1) is 16.1 Å². The number of sulfonamides is 1. The molecule has 0 aliphatic carbocycles. The summed E-state index contributed by atoms with van der Waals surface area (Å²) >= 11 is 0. The van der Waals surface area contributed by atoms with Crippen LogP contribution >= 0.6 is 0 Å². The Morgan fingerprint density at radius 1 is 1.00 bits per heavy atom. The lowest BCUT2D eigenvalue weighted by Gasteiger charge is -2.12. The molecule has 3 aromatic carbocycles. The van der Waals surface area contributed by atoms with E-state index in [0.717, 1.165) is 12.1 Å². The summed E-state index contributed by atoms with van der Waals surface area (Å²) in [6, 6.07) is 13.3. The van der Waals surface area contributed by atoms with E-state index in [1.807, 2.05) is 6.07 Å². The number of nitrogens with one attached hydrogen (secondary N) is 1. The predicted molar refractivity (Wildman–Crippen MR) is 106 cm³/mol. The van der Waals surface area contributed by atoms with Crippen molar-refractivity contribution in [1.29, 1.82) is 0 Å². The topological polar surface area (TPSA) is 76.4 Å². The molecule has 28 heavy (non-hydrogen) atoms. The molecular formula is C21H16FNO4S. The number of fused-ring (bicyclic) bond motifs is 3. The monoisotopic (exact) mass is 397 g/mol. The number of carbonyl (C=O) groups excluding carboxylic acids is 1. The van der Waals surface area contributed by atoms with Crippen LogP contribution in [0.4, 0.5) is 10.1 Å². The number of carbonyl (C=O) groups is 1. The van der Waals surface area contributed by atoms with E-state index in [4.69, 9.17) is 4.42 Å². The van der Waals surface area contributed by atoms with Gasteiger partial charge in [0.15, 0.2) is 5.78 Å². The number of benzene rings is 3. The molecule has 4 aromatic rings. The Hall–Kier alpha value is -3.19. The van der Waals surface area contributed by atoms with Gasteiger partial charge in [-0.05, 0) is 44.2 Å². The molecule has 0 amide bonds. The number of aryl methyl sites for hydroxylation is 1. The first-order valence-corrected chi connectivity index (χ1v) is 10.0. The van der Waals surface area contributed by atoms with Crippen LogP contribution in [0.2, 0.25) is 0 Å². The maximum atomic E-state index is 13.1. The molecule has 0 aliphatic heterocycles. The van der Waals surface area contributed by atoms with Crippen molar-refractivity contribution in [2.24, 2.45) is 0 Å². The van der Waals surface area contributed by atoms with Crippen molar-refractivity contribution < 1.29 is 22.0 Å². The molecule has 7 heteroatoms. The van der Waals surface area contributed by atoms with Crippen molar-refractivity contribution in [3.8, 4) is 0 Å². The van der Waals surface area contributed by atoms with Gasteiger partial charge in [0, 0.05) is 16.2 Å². The lowest BCUT2D eigenvalue weighted by Crippen LogP contribution is -2.13. The average Bonchev–Trinajstić information content (AvgIpc) is 2.98. The maximum absolute atomic E-state index is 13.1. The van der Waals surface area contributed by atoms with Crippen molar-refractivity contribution in [2.75, 3.05) is 4.72 Å². The maximum Gasteiger partial charge on any atom is 0.261 e. The fourth-order valence-electron chi connectivity index (χ4n) is 3.38. The van der Waals surface area contributed by atoms with Crippen LogP contribution in [-0.2, 0) is 10.0 Å². The largest absolute Gasteiger partial charge is 0.460 e. The second-order valence-corrected chi connectivity index (χ2v) is 8.18. The molecule has 0 atom stereocenters. The summed E-state index contributed by atoms with van der Waals surface area (Å²) in [4.78, 5) is 12.0. The summed E-state index contributed by atoms with van der Waals surface area (Å²) in [7, 11) is -3.95. The van der Waals surface area contributed by atoms with E-state index in [1.54, 1.807) is 31.2 Å². The Morgan fingerprint density at radius 3 is 2.29 bits per heavy atom. The Bertz CT molecular complexity index is 1340. The van der Waals surface area contributed by atoms with Crippen molar-refractivity contribution >= 4 is 43.2 Å². The van der Waals surface area contributed by atoms with Crippen molar-refractivity contribution in [3.63, 3.8) is 0 Å². The number of anilines is 1. The van der Waals surface area contributed by atoms with Crippen molar-refractivity contribution in [3.05, 3.63) is 71.7 Å². The Kier molecular flexibility index (Phi) is 4.19. The summed E-state index contributed by atoms with van der Waals surface area (Å²) < 4.78 is 47.1. The first-order valence-electron chi connectivity index (χ1n) is 8.52. The van der Waals surface area contributed by atoms with Gasteiger partial charge >= 0.3 is 0 Å². The molecule has 0 bridgehead atoms. The minimum Gasteiger partial charge on any atom is -0.460 e. The predicted octanol–water partition coefficient (Wildman–Crippen LogP) is 5.04. The summed E-state index contributed by atoms with van der Waals surface area (Å²) in [5, 5.41) is 1.86. The third-order valence-electron chi connectivity index (χ3n) is 4.59. The standard InChI is InChI=1S/C21H16FNO4S/c1-12(24)20-13(2)27-21-17-6-4-3-5-16(17)19(11-18(20)21)23-28(25,26)15-9-7-14(22)8-10-15/h3-11,23H,1-2H3. The second kappa shape index (κ2) is 6.45. The third-order valence-corrected chi connectivity index (χ3v) is 5.97. The number of Topliss-reactive ketones (excluding diaryl/α,β-unsaturated/α-hetero) is 1. The minimum absolute atomic E-state index is 0.0618. The quantitative estimate of drug-likeness (QED) is 0.490. The molecule has 0 saturated carbocycles. The van der Waals surface area contributed by atoms with Crippen LogP contribution in [0.25, 0.3) is 21.7 Å². The van der Waals surface area contributed by atoms with E-state index in [0.29, 0.717) is 38.8 Å². The summed E-state index contributed by atoms with van der Waals surface area (Å²) in [5.74, 6) is -0.212. The van der Waals surface area contributed by atoms with E-state index in [1.165, 1.54) is 19.1 Å². The van der Waals surface area contributed by atoms with Crippen molar-refractivity contribution in [1.82, 2.24) is 0 Å². The molecular weight excluding hydrogens is 381 g/mol. The zero-order chi connectivity index (χ0) is 20.1. The fraction of sp³-hybridized carbons (Fsp3) is 0.0952. The molecule has 4 rings (SSSR count). The highest BCUT2D eigenvalue weighted by Gasteiger charge is 2.21. The lowest BCUT2D eigenvalue weighted by molar-refractivity contribution is 0.101. The number of hydrogen-bond donors (Lipinski definition) is 1. The molecule has 5 nitrogen and oxygen atoms in total. The van der Waals surface area contributed by atoms with Gasteiger partial charge in [0.2, 0.25) is 0 Å². The van der Waals surface area contributed by atoms with Gasteiger partial charge in [-0.15, -0.1) is 0 Å². The van der Waals surface area contributed by atoms with Gasteiger partial charge in [0.25, 0.3) is 10.0 Å². The summed E-state index contributed by atoms with van der Waals surface area (Å²) in [6.45, 7) is 3.14. The molecule has 0 saturated heterocycles. The van der Waals surface area contributed by atoms with E-state index in [9.17, 15) is 17.6 Å². The molecule has 142 valence electrons. The molecule has 1 aromatic heterocycles. The fourth-order valence-corrected chi connectivity index (χ4v) is 4.45. The highest BCUT2D eigenvalue weighted by Crippen LogP contribution is 2.37. The first-order chi connectivity index (χ1) is 13.3. The van der Waals surface area contributed by atoms with Crippen LogP contribution in [0.15, 0.2) is 63.9 Å². The highest BCUT2D eigenvalue weighted by atomic mass is 32.2. The lowest BCUT2D eigenvalue weighted by atomic mass is 10.0. The normalized spacial score (nSPS) is 11.8. The first kappa shape index (κ1) is 18.2. The molecule has 0 unspecified atom stereocenters. The molecule has 0 spiro atoms.